The van der Waals surface area contributed by atoms with Crippen LogP contribution < -0.4 is 0 Å². The van der Waals surface area contributed by atoms with E-state index in [9.17, 15) is 23.3 Å². The van der Waals surface area contributed by atoms with Crippen LogP contribution >= 0.6 is 0 Å². The highest BCUT2D eigenvalue weighted by atomic mass is 32.2. The van der Waals surface area contributed by atoms with Crippen LogP contribution in [0.3, 0.4) is 0 Å². The van der Waals surface area contributed by atoms with Gasteiger partial charge in [-0.2, -0.15) is 0 Å². The largest absolute Gasteiger partial charge is 0.298 e. The van der Waals surface area contributed by atoms with Gasteiger partial charge in [-0.25, -0.2) is 8.42 Å². The van der Waals surface area contributed by atoms with Crippen LogP contribution in [0.2, 0.25) is 0 Å². The average molecular weight is 305 g/mol. The van der Waals surface area contributed by atoms with Crippen LogP contribution in [0.4, 0.5) is 5.69 Å². The predicted octanol–water partition coefficient (Wildman–Crippen LogP) is 2.48. The predicted molar refractivity (Wildman–Crippen MR) is 77.0 cm³/mol. The van der Waals surface area contributed by atoms with E-state index < -0.39 is 14.8 Å². The molecule has 0 bridgehead atoms. The molecule has 0 saturated carbocycles. The summed E-state index contributed by atoms with van der Waals surface area (Å²) >= 11 is 0. The standard InChI is InChI=1S/C14H11NO5S/c1-21(19,20)13-5-2-10(3-6-13)11-4-7-14(15(17)18)12(8-11)9-16/h2-9H,1H3. The van der Waals surface area contributed by atoms with Gasteiger partial charge in [0.05, 0.1) is 15.4 Å². The molecule has 0 amide bonds. The Morgan fingerprint density at radius 3 is 2.10 bits per heavy atom. The summed E-state index contributed by atoms with van der Waals surface area (Å²) in [6.45, 7) is 0. The number of hydrogen-bond donors (Lipinski definition) is 0. The molecule has 0 aliphatic carbocycles. The second-order valence-electron chi connectivity index (χ2n) is 4.45. The third kappa shape index (κ3) is 3.14. The van der Waals surface area contributed by atoms with Gasteiger partial charge in [0.1, 0.15) is 0 Å². The van der Waals surface area contributed by atoms with Crippen LogP contribution in [0, 0.1) is 10.1 Å². The van der Waals surface area contributed by atoms with Gasteiger partial charge in [0, 0.05) is 12.3 Å². The normalized spacial score (nSPS) is 11.1. The summed E-state index contributed by atoms with van der Waals surface area (Å²) in [5.74, 6) is 0. The fraction of sp³-hybridized carbons (Fsp3) is 0.0714. The van der Waals surface area contributed by atoms with Crippen LogP contribution in [-0.4, -0.2) is 25.9 Å². The van der Waals surface area contributed by atoms with Gasteiger partial charge in [-0.15, -0.1) is 0 Å². The summed E-state index contributed by atoms with van der Waals surface area (Å²) in [6.07, 6.45) is 1.53. The second kappa shape index (κ2) is 5.45. The summed E-state index contributed by atoms with van der Waals surface area (Å²) in [5, 5.41) is 10.8. The first-order valence-electron chi connectivity index (χ1n) is 5.87. The SMILES string of the molecule is CS(=O)(=O)c1ccc(-c2ccc([N+](=O)[O-])c(C=O)c2)cc1. The molecule has 0 heterocycles. The summed E-state index contributed by atoms with van der Waals surface area (Å²) in [5.41, 5.74) is 0.981. The van der Waals surface area contributed by atoms with E-state index in [-0.39, 0.29) is 16.1 Å². The molecule has 0 fully saturated rings. The lowest BCUT2D eigenvalue weighted by Crippen LogP contribution is -1.97. The number of nitro benzene ring substituents is 1. The smallest absolute Gasteiger partial charge is 0.279 e. The number of nitrogens with zero attached hydrogens (tertiary/aromatic N) is 1. The highest BCUT2D eigenvalue weighted by Crippen LogP contribution is 2.26. The van der Waals surface area contributed by atoms with Gasteiger partial charge in [-0.3, -0.25) is 14.9 Å². The van der Waals surface area contributed by atoms with Gasteiger partial charge < -0.3 is 0 Å². The molecule has 0 spiro atoms. The molecule has 6 nitrogen and oxygen atoms in total. The fourth-order valence-electron chi connectivity index (χ4n) is 1.89. The zero-order chi connectivity index (χ0) is 15.6. The molecular formula is C14H11NO5S. The fourth-order valence-corrected chi connectivity index (χ4v) is 2.52. The Kier molecular flexibility index (Phi) is 3.86. The Labute approximate surface area is 121 Å². The molecule has 7 heteroatoms. The Morgan fingerprint density at radius 1 is 1.05 bits per heavy atom. The van der Waals surface area contributed by atoms with Gasteiger partial charge in [0.2, 0.25) is 0 Å². The third-order valence-corrected chi connectivity index (χ3v) is 4.10. The minimum Gasteiger partial charge on any atom is -0.298 e. The van der Waals surface area contributed by atoms with Crippen molar-refractivity contribution >= 4 is 21.8 Å². The lowest BCUT2D eigenvalue weighted by Gasteiger charge is -2.04. The molecular weight excluding hydrogens is 294 g/mol. The maximum atomic E-state index is 11.4. The molecule has 0 aromatic heterocycles. The summed E-state index contributed by atoms with van der Waals surface area (Å²) in [6, 6.07) is 10.3. The molecule has 2 rings (SSSR count). The first kappa shape index (κ1) is 14.9. The second-order valence-corrected chi connectivity index (χ2v) is 6.46. The minimum atomic E-state index is -3.28. The van der Waals surface area contributed by atoms with Crippen molar-refractivity contribution in [1.29, 1.82) is 0 Å². The zero-order valence-electron chi connectivity index (χ0n) is 11.0. The number of benzene rings is 2. The lowest BCUT2D eigenvalue weighted by molar-refractivity contribution is -0.385. The van der Waals surface area contributed by atoms with E-state index in [1.54, 1.807) is 12.1 Å². The quantitative estimate of drug-likeness (QED) is 0.491. The van der Waals surface area contributed by atoms with Crippen molar-refractivity contribution in [3.63, 3.8) is 0 Å². The molecule has 0 saturated heterocycles. The van der Waals surface area contributed by atoms with E-state index in [2.05, 4.69) is 0 Å². The van der Waals surface area contributed by atoms with Crippen LogP contribution in [0.25, 0.3) is 11.1 Å². The van der Waals surface area contributed by atoms with E-state index in [0.29, 0.717) is 17.4 Å². The van der Waals surface area contributed by atoms with E-state index in [0.717, 1.165) is 6.26 Å². The molecule has 0 aliphatic rings. The number of nitro groups is 1. The maximum Gasteiger partial charge on any atom is 0.279 e. The zero-order valence-corrected chi connectivity index (χ0v) is 11.8. The molecule has 0 aliphatic heterocycles. The molecule has 2 aromatic rings. The Morgan fingerprint density at radius 2 is 1.62 bits per heavy atom. The Bertz CT molecular complexity index is 810. The van der Waals surface area contributed by atoms with Gasteiger partial charge in [0.25, 0.3) is 5.69 Å². The van der Waals surface area contributed by atoms with Crippen molar-refractivity contribution in [2.24, 2.45) is 0 Å². The molecule has 21 heavy (non-hydrogen) atoms. The first-order chi connectivity index (χ1) is 9.82. The van der Waals surface area contributed by atoms with E-state index in [4.69, 9.17) is 0 Å². The van der Waals surface area contributed by atoms with Gasteiger partial charge >= 0.3 is 0 Å². The summed E-state index contributed by atoms with van der Waals surface area (Å²) in [4.78, 5) is 21.2. The van der Waals surface area contributed by atoms with Crippen molar-refractivity contribution in [3.05, 3.63) is 58.1 Å². The molecule has 0 unspecified atom stereocenters. The topological polar surface area (TPSA) is 94.3 Å². The van der Waals surface area contributed by atoms with E-state index in [1.807, 2.05) is 0 Å². The minimum absolute atomic E-state index is 0.0234. The highest BCUT2D eigenvalue weighted by molar-refractivity contribution is 7.90. The molecule has 108 valence electrons. The molecule has 0 N–H and O–H groups in total. The maximum absolute atomic E-state index is 11.4. The number of carbonyl (C=O) groups excluding carboxylic acids is 1. The van der Waals surface area contributed by atoms with Crippen LogP contribution in [0.5, 0.6) is 0 Å². The number of hydrogen-bond acceptors (Lipinski definition) is 5. The lowest BCUT2D eigenvalue weighted by atomic mass is 10.0. The van der Waals surface area contributed by atoms with Gasteiger partial charge in [0.15, 0.2) is 16.1 Å². The average Bonchev–Trinajstić information content (AvgIpc) is 2.45. The Hall–Kier alpha value is -2.54. The highest BCUT2D eigenvalue weighted by Gasteiger charge is 2.14. The van der Waals surface area contributed by atoms with Crippen LogP contribution in [0.1, 0.15) is 10.4 Å². The van der Waals surface area contributed by atoms with Gasteiger partial charge in [-0.05, 0) is 35.4 Å². The third-order valence-electron chi connectivity index (χ3n) is 2.97. The van der Waals surface area contributed by atoms with E-state index >= 15 is 0 Å². The van der Waals surface area contributed by atoms with Crippen LogP contribution in [0.15, 0.2) is 47.4 Å². The number of rotatable bonds is 4. The molecule has 2 aromatic carbocycles. The number of sulfone groups is 1. The molecule has 0 atom stereocenters. The number of carbonyl (C=O) groups is 1. The van der Waals surface area contributed by atoms with E-state index in [1.165, 1.54) is 30.3 Å². The van der Waals surface area contributed by atoms with Gasteiger partial charge in [-0.1, -0.05) is 12.1 Å². The van der Waals surface area contributed by atoms with Crippen molar-refractivity contribution in [3.8, 4) is 11.1 Å². The number of aldehydes is 1. The summed E-state index contributed by atoms with van der Waals surface area (Å²) < 4.78 is 22.8. The first-order valence-corrected chi connectivity index (χ1v) is 7.76. The monoisotopic (exact) mass is 305 g/mol. The van der Waals surface area contributed by atoms with Crippen molar-refractivity contribution in [2.45, 2.75) is 4.90 Å². The Balaban J connectivity index is 2.48. The van der Waals surface area contributed by atoms with Crippen LogP contribution in [-0.2, 0) is 9.84 Å². The summed E-state index contributed by atoms with van der Waals surface area (Å²) in [7, 11) is -3.28. The van der Waals surface area contributed by atoms with Crippen molar-refractivity contribution in [1.82, 2.24) is 0 Å². The van der Waals surface area contributed by atoms with Crippen molar-refractivity contribution in [2.75, 3.05) is 6.26 Å². The van der Waals surface area contributed by atoms with Crippen molar-refractivity contribution < 1.29 is 18.1 Å². The molecule has 0 radical (unpaired) electrons.